The van der Waals surface area contributed by atoms with Crippen LogP contribution in [0.4, 0.5) is 5.69 Å². The minimum Gasteiger partial charge on any atom is -0.493 e. The molecule has 1 aliphatic rings. The standard InChI is InChI=1S/C17H26N2O4/c1-21-8-9-23-16-11-14(6-7-15(16)22-2)19-17(20)12-4-3-5-13(18)10-12/h6-7,11-13H,3-5,8-10,18H2,1-2H3,(H,19,20). The molecule has 2 rings (SSSR count). The van der Waals surface area contributed by atoms with Crippen LogP contribution in [0.1, 0.15) is 25.7 Å². The minimum atomic E-state index is -0.0151. The molecule has 1 aromatic carbocycles. The van der Waals surface area contributed by atoms with E-state index in [1.807, 2.05) is 6.07 Å². The molecule has 0 aliphatic heterocycles. The smallest absolute Gasteiger partial charge is 0.227 e. The van der Waals surface area contributed by atoms with Crippen molar-refractivity contribution in [2.45, 2.75) is 31.7 Å². The summed E-state index contributed by atoms with van der Waals surface area (Å²) in [6.07, 6.45) is 3.66. The van der Waals surface area contributed by atoms with E-state index in [4.69, 9.17) is 19.9 Å². The molecular formula is C17H26N2O4. The van der Waals surface area contributed by atoms with Gasteiger partial charge in [0.15, 0.2) is 11.5 Å². The van der Waals surface area contributed by atoms with Crippen LogP contribution in [0.5, 0.6) is 11.5 Å². The number of rotatable bonds is 7. The Balaban J connectivity index is 2.01. The topological polar surface area (TPSA) is 82.8 Å². The van der Waals surface area contributed by atoms with Gasteiger partial charge in [0.2, 0.25) is 5.91 Å². The number of nitrogens with one attached hydrogen (secondary N) is 1. The zero-order valence-electron chi connectivity index (χ0n) is 13.8. The fourth-order valence-corrected chi connectivity index (χ4v) is 2.81. The first-order valence-corrected chi connectivity index (χ1v) is 8.00. The van der Waals surface area contributed by atoms with Crippen LogP contribution < -0.4 is 20.5 Å². The summed E-state index contributed by atoms with van der Waals surface area (Å²) in [6, 6.07) is 5.49. The number of methoxy groups -OCH3 is 2. The van der Waals surface area contributed by atoms with Gasteiger partial charge >= 0.3 is 0 Å². The van der Waals surface area contributed by atoms with Crippen LogP contribution in [-0.4, -0.2) is 39.4 Å². The molecule has 6 heteroatoms. The van der Waals surface area contributed by atoms with E-state index in [1.165, 1.54) is 0 Å². The molecule has 3 N–H and O–H groups in total. The highest BCUT2D eigenvalue weighted by molar-refractivity contribution is 5.93. The summed E-state index contributed by atoms with van der Waals surface area (Å²) in [5, 5.41) is 2.95. The van der Waals surface area contributed by atoms with Crippen molar-refractivity contribution in [3.63, 3.8) is 0 Å². The van der Waals surface area contributed by atoms with Crippen LogP contribution in [0.2, 0.25) is 0 Å². The van der Waals surface area contributed by atoms with E-state index in [0.29, 0.717) is 30.4 Å². The second-order valence-corrected chi connectivity index (χ2v) is 5.82. The lowest BCUT2D eigenvalue weighted by molar-refractivity contribution is -0.120. The van der Waals surface area contributed by atoms with Gasteiger partial charge in [-0.1, -0.05) is 6.42 Å². The lowest BCUT2D eigenvalue weighted by Crippen LogP contribution is -2.34. The van der Waals surface area contributed by atoms with Gasteiger partial charge in [-0.2, -0.15) is 0 Å². The van der Waals surface area contributed by atoms with E-state index in [9.17, 15) is 4.79 Å². The Hall–Kier alpha value is -1.79. The van der Waals surface area contributed by atoms with Gasteiger partial charge < -0.3 is 25.3 Å². The number of carbonyl (C=O) groups is 1. The molecule has 1 amide bonds. The van der Waals surface area contributed by atoms with E-state index in [0.717, 1.165) is 25.7 Å². The number of hydrogen-bond donors (Lipinski definition) is 2. The van der Waals surface area contributed by atoms with Crippen LogP contribution in [-0.2, 0) is 9.53 Å². The number of amides is 1. The fourth-order valence-electron chi connectivity index (χ4n) is 2.81. The fraction of sp³-hybridized carbons (Fsp3) is 0.588. The van der Waals surface area contributed by atoms with Crippen molar-refractivity contribution in [1.82, 2.24) is 0 Å². The van der Waals surface area contributed by atoms with Crippen molar-refractivity contribution in [2.75, 3.05) is 32.8 Å². The Bertz CT molecular complexity index is 521. The van der Waals surface area contributed by atoms with Gasteiger partial charge in [0.05, 0.1) is 13.7 Å². The zero-order valence-corrected chi connectivity index (χ0v) is 13.8. The summed E-state index contributed by atoms with van der Waals surface area (Å²) in [7, 11) is 3.20. The van der Waals surface area contributed by atoms with Crippen LogP contribution in [0.3, 0.4) is 0 Å². The molecule has 1 saturated carbocycles. The number of ether oxygens (including phenoxy) is 3. The Kier molecular flexibility index (Phi) is 6.67. The average Bonchev–Trinajstić information content (AvgIpc) is 2.55. The first-order valence-electron chi connectivity index (χ1n) is 8.00. The van der Waals surface area contributed by atoms with Crippen molar-refractivity contribution in [1.29, 1.82) is 0 Å². The molecule has 6 nitrogen and oxygen atoms in total. The summed E-state index contributed by atoms with van der Waals surface area (Å²) < 4.78 is 15.9. The van der Waals surface area contributed by atoms with E-state index < -0.39 is 0 Å². The maximum Gasteiger partial charge on any atom is 0.227 e. The second-order valence-electron chi connectivity index (χ2n) is 5.82. The Labute approximate surface area is 137 Å². The Morgan fingerprint density at radius 3 is 2.78 bits per heavy atom. The van der Waals surface area contributed by atoms with E-state index >= 15 is 0 Å². The zero-order chi connectivity index (χ0) is 16.7. The third-order valence-corrected chi connectivity index (χ3v) is 4.06. The van der Waals surface area contributed by atoms with E-state index in [-0.39, 0.29) is 17.9 Å². The van der Waals surface area contributed by atoms with Crippen molar-refractivity contribution >= 4 is 11.6 Å². The monoisotopic (exact) mass is 322 g/mol. The summed E-state index contributed by atoms with van der Waals surface area (Å²) in [5.41, 5.74) is 6.65. The molecule has 0 radical (unpaired) electrons. The van der Waals surface area contributed by atoms with Gasteiger partial charge in [-0.15, -0.1) is 0 Å². The maximum absolute atomic E-state index is 12.4. The number of anilines is 1. The van der Waals surface area contributed by atoms with Crippen LogP contribution >= 0.6 is 0 Å². The van der Waals surface area contributed by atoms with Crippen LogP contribution in [0, 0.1) is 5.92 Å². The quantitative estimate of drug-likeness (QED) is 0.752. The second kappa shape index (κ2) is 8.74. The maximum atomic E-state index is 12.4. The van der Waals surface area contributed by atoms with Gasteiger partial charge in [0.25, 0.3) is 0 Å². The lowest BCUT2D eigenvalue weighted by atomic mass is 9.85. The Morgan fingerprint density at radius 1 is 1.26 bits per heavy atom. The number of carbonyl (C=O) groups excluding carboxylic acids is 1. The molecule has 128 valence electrons. The third-order valence-electron chi connectivity index (χ3n) is 4.06. The van der Waals surface area contributed by atoms with Crippen LogP contribution in [0.15, 0.2) is 18.2 Å². The van der Waals surface area contributed by atoms with Crippen LogP contribution in [0.25, 0.3) is 0 Å². The number of nitrogens with two attached hydrogens (primary N) is 1. The molecule has 0 saturated heterocycles. The first kappa shape index (κ1) is 17.6. The predicted molar refractivity (Wildman–Crippen MR) is 88.9 cm³/mol. The molecule has 0 spiro atoms. The largest absolute Gasteiger partial charge is 0.493 e. The molecule has 0 heterocycles. The normalized spacial score (nSPS) is 20.8. The summed E-state index contributed by atoms with van der Waals surface area (Å²) in [5.74, 6) is 1.22. The van der Waals surface area contributed by atoms with Gasteiger partial charge in [-0.25, -0.2) is 0 Å². The molecule has 2 unspecified atom stereocenters. The van der Waals surface area contributed by atoms with Crippen molar-refractivity contribution in [2.24, 2.45) is 11.7 Å². The average molecular weight is 322 g/mol. The van der Waals surface area contributed by atoms with Gasteiger partial charge in [0.1, 0.15) is 6.61 Å². The van der Waals surface area contributed by atoms with Gasteiger partial charge in [0, 0.05) is 30.8 Å². The molecule has 0 aromatic heterocycles. The van der Waals surface area contributed by atoms with Crippen molar-refractivity contribution in [3.05, 3.63) is 18.2 Å². The predicted octanol–water partition coefficient (Wildman–Crippen LogP) is 2.18. The molecule has 2 atom stereocenters. The number of benzene rings is 1. The van der Waals surface area contributed by atoms with Crippen molar-refractivity contribution < 1.29 is 19.0 Å². The van der Waals surface area contributed by atoms with Crippen molar-refractivity contribution in [3.8, 4) is 11.5 Å². The molecule has 23 heavy (non-hydrogen) atoms. The van der Waals surface area contributed by atoms with E-state index in [2.05, 4.69) is 5.32 Å². The molecule has 1 aliphatic carbocycles. The molecule has 1 aromatic rings. The summed E-state index contributed by atoms with van der Waals surface area (Å²) in [6.45, 7) is 0.904. The summed E-state index contributed by atoms with van der Waals surface area (Å²) >= 11 is 0. The molecular weight excluding hydrogens is 296 g/mol. The highest BCUT2D eigenvalue weighted by atomic mass is 16.5. The molecule has 0 bridgehead atoms. The summed E-state index contributed by atoms with van der Waals surface area (Å²) in [4.78, 5) is 12.4. The van der Waals surface area contributed by atoms with Gasteiger partial charge in [-0.05, 0) is 31.4 Å². The first-order chi connectivity index (χ1) is 11.1. The number of hydrogen-bond acceptors (Lipinski definition) is 5. The third kappa shape index (κ3) is 5.11. The molecule has 1 fully saturated rings. The SMILES string of the molecule is COCCOc1cc(NC(=O)C2CCCC(N)C2)ccc1OC. The minimum absolute atomic E-state index is 0.0151. The Morgan fingerprint density at radius 2 is 2.09 bits per heavy atom. The lowest BCUT2D eigenvalue weighted by Gasteiger charge is -2.25. The highest BCUT2D eigenvalue weighted by Gasteiger charge is 2.25. The highest BCUT2D eigenvalue weighted by Crippen LogP contribution is 2.31. The van der Waals surface area contributed by atoms with E-state index in [1.54, 1.807) is 26.4 Å². The van der Waals surface area contributed by atoms with Gasteiger partial charge in [-0.3, -0.25) is 4.79 Å².